The van der Waals surface area contributed by atoms with Crippen molar-refractivity contribution < 1.29 is 9.59 Å². The molecular weight excluding hydrogens is 140 g/mol. The lowest BCUT2D eigenvalue weighted by Gasteiger charge is -1.95. The molecule has 0 rings (SSSR count). The number of hydrogen-bond donors (Lipinski definition) is 0. The van der Waals surface area contributed by atoms with Gasteiger partial charge in [-0.3, -0.25) is 9.59 Å². The van der Waals surface area contributed by atoms with Crippen LogP contribution in [0.4, 0.5) is 0 Å². The largest absolute Gasteiger partial charge is 0.300 e. The fraction of sp³-hybridized carbons (Fsp3) is 0.778. The highest BCUT2D eigenvalue weighted by molar-refractivity contribution is 5.80. The highest BCUT2D eigenvalue weighted by Gasteiger charge is 1.99. The smallest absolute Gasteiger partial charge is 0.198 e. The standard InChI is InChI=1S/C9H15O2/c1-2-3-4-6-9(11)7-5-8-10/h2-7H2,1H3. The van der Waals surface area contributed by atoms with Crippen molar-refractivity contribution in [2.24, 2.45) is 0 Å². The minimum Gasteiger partial charge on any atom is -0.300 e. The van der Waals surface area contributed by atoms with Gasteiger partial charge in [0, 0.05) is 19.3 Å². The summed E-state index contributed by atoms with van der Waals surface area (Å²) in [5.41, 5.74) is 0. The lowest BCUT2D eigenvalue weighted by Crippen LogP contribution is -1.97. The van der Waals surface area contributed by atoms with E-state index in [0.29, 0.717) is 12.8 Å². The molecule has 0 aliphatic rings. The van der Waals surface area contributed by atoms with Crippen LogP contribution in [-0.2, 0) is 9.59 Å². The highest BCUT2D eigenvalue weighted by Crippen LogP contribution is 2.02. The van der Waals surface area contributed by atoms with E-state index >= 15 is 0 Å². The lowest BCUT2D eigenvalue weighted by atomic mass is 10.1. The van der Waals surface area contributed by atoms with Crippen LogP contribution in [0.1, 0.15) is 45.4 Å². The molecule has 0 saturated carbocycles. The normalized spacial score (nSPS) is 9.55. The maximum absolute atomic E-state index is 10.9. The van der Waals surface area contributed by atoms with E-state index in [1.165, 1.54) is 0 Å². The van der Waals surface area contributed by atoms with Crippen LogP contribution in [0.25, 0.3) is 0 Å². The molecule has 0 heterocycles. The minimum atomic E-state index is 0.196. The molecule has 0 N–H and O–H groups in total. The topological polar surface area (TPSA) is 34.1 Å². The van der Waals surface area contributed by atoms with Crippen molar-refractivity contribution in [3.05, 3.63) is 0 Å². The Hall–Kier alpha value is -0.660. The molecule has 0 aliphatic heterocycles. The first-order valence-corrected chi connectivity index (χ1v) is 4.18. The summed E-state index contributed by atoms with van der Waals surface area (Å²) < 4.78 is 0. The fourth-order valence-corrected chi connectivity index (χ4v) is 0.888. The third-order valence-electron chi connectivity index (χ3n) is 1.57. The summed E-state index contributed by atoms with van der Waals surface area (Å²) in [5, 5.41) is 0. The molecule has 0 aromatic heterocycles. The summed E-state index contributed by atoms with van der Waals surface area (Å²) in [6, 6.07) is 0. The molecule has 2 heteroatoms. The Morgan fingerprint density at radius 3 is 2.55 bits per heavy atom. The van der Waals surface area contributed by atoms with Crippen molar-refractivity contribution in [3.8, 4) is 0 Å². The second kappa shape index (κ2) is 7.45. The number of Topliss-reactive ketones (excluding diaryl/α,β-unsaturated/α-hetero) is 1. The van der Waals surface area contributed by atoms with Crippen LogP contribution in [0, 0.1) is 0 Å². The van der Waals surface area contributed by atoms with Crippen LogP contribution in [0.15, 0.2) is 0 Å². The van der Waals surface area contributed by atoms with Crippen molar-refractivity contribution >= 4 is 12.1 Å². The summed E-state index contributed by atoms with van der Waals surface area (Å²) in [6.07, 6.45) is 6.21. The van der Waals surface area contributed by atoms with Gasteiger partial charge in [-0.05, 0) is 6.42 Å². The molecule has 0 unspecified atom stereocenters. The van der Waals surface area contributed by atoms with Crippen LogP contribution < -0.4 is 0 Å². The molecule has 1 radical (unpaired) electrons. The predicted molar refractivity (Wildman–Crippen MR) is 44.1 cm³/mol. The zero-order chi connectivity index (χ0) is 8.53. The van der Waals surface area contributed by atoms with Crippen molar-refractivity contribution in [1.29, 1.82) is 0 Å². The Labute approximate surface area is 68.0 Å². The van der Waals surface area contributed by atoms with E-state index in [2.05, 4.69) is 6.92 Å². The van der Waals surface area contributed by atoms with Crippen molar-refractivity contribution in [2.45, 2.75) is 45.4 Å². The second-order valence-corrected chi connectivity index (χ2v) is 2.64. The van der Waals surface area contributed by atoms with Crippen LogP contribution in [-0.4, -0.2) is 12.1 Å². The SMILES string of the molecule is CCCCCC(=O)CC[C]=O. The van der Waals surface area contributed by atoms with Gasteiger partial charge < -0.3 is 0 Å². The Balaban J connectivity index is 3.15. The van der Waals surface area contributed by atoms with Crippen LogP contribution in [0.2, 0.25) is 0 Å². The number of hydrogen-bond acceptors (Lipinski definition) is 2. The van der Waals surface area contributed by atoms with Crippen LogP contribution in [0.5, 0.6) is 0 Å². The van der Waals surface area contributed by atoms with Crippen LogP contribution >= 0.6 is 0 Å². The maximum atomic E-state index is 10.9. The Kier molecular flexibility index (Phi) is 7.00. The first-order chi connectivity index (χ1) is 5.31. The third kappa shape index (κ3) is 7.23. The average Bonchev–Trinajstić information content (AvgIpc) is 2.01. The zero-order valence-corrected chi connectivity index (χ0v) is 7.06. The molecule has 0 aliphatic carbocycles. The predicted octanol–water partition coefficient (Wildman–Crippen LogP) is 2.03. The first kappa shape index (κ1) is 10.3. The molecule has 2 nitrogen and oxygen atoms in total. The number of ketones is 1. The van der Waals surface area contributed by atoms with E-state index < -0.39 is 0 Å². The van der Waals surface area contributed by atoms with E-state index in [9.17, 15) is 9.59 Å². The molecule has 0 aromatic rings. The molecule has 63 valence electrons. The maximum Gasteiger partial charge on any atom is 0.198 e. The first-order valence-electron chi connectivity index (χ1n) is 4.18. The lowest BCUT2D eigenvalue weighted by molar-refractivity contribution is -0.119. The van der Waals surface area contributed by atoms with Gasteiger partial charge in [0.2, 0.25) is 0 Å². The molecule has 0 aromatic carbocycles. The van der Waals surface area contributed by atoms with Crippen molar-refractivity contribution in [3.63, 3.8) is 0 Å². The van der Waals surface area contributed by atoms with E-state index in [4.69, 9.17) is 0 Å². The summed E-state index contributed by atoms with van der Waals surface area (Å²) in [6.45, 7) is 2.10. The van der Waals surface area contributed by atoms with E-state index in [-0.39, 0.29) is 12.2 Å². The zero-order valence-electron chi connectivity index (χ0n) is 7.06. The molecule has 0 bridgehead atoms. The summed E-state index contributed by atoms with van der Waals surface area (Å²) in [7, 11) is 0. The van der Waals surface area contributed by atoms with Gasteiger partial charge in [-0.15, -0.1) is 0 Å². The minimum absolute atomic E-state index is 0.196. The Morgan fingerprint density at radius 1 is 1.27 bits per heavy atom. The van der Waals surface area contributed by atoms with Gasteiger partial charge >= 0.3 is 0 Å². The third-order valence-corrected chi connectivity index (χ3v) is 1.57. The van der Waals surface area contributed by atoms with E-state index in [1.54, 1.807) is 6.29 Å². The molecule has 0 spiro atoms. The van der Waals surface area contributed by atoms with Gasteiger partial charge in [-0.25, -0.2) is 0 Å². The highest BCUT2D eigenvalue weighted by atomic mass is 16.1. The molecule has 0 fully saturated rings. The quantitative estimate of drug-likeness (QED) is 0.527. The summed E-state index contributed by atoms with van der Waals surface area (Å²) in [5.74, 6) is 0.196. The number of carbonyl (C=O) groups is 1. The van der Waals surface area contributed by atoms with Gasteiger partial charge in [0.1, 0.15) is 5.78 Å². The fourth-order valence-electron chi connectivity index (χ4n) is 0.888. The second-order valence-electron chi connectivity index (χ2n) is 2.64. The summed E-state index contributed by atoms with van der Waals surface area (Å²) in [4.78, 5) is 20.7. The molecule has 0 amide bonds. The van der Waals surface area contributed by atoms with Gasteiger partial charge in [-0.2, -0.15) is 0 Å². The number of unbranched alkanes of at least 4 members (excludes halogenated alkanes) is 2. The number of carbonyl (C=O) groups excluding carboxylic acids is 2. The Morgan fingerprint density at radius 2 is 2.00 bits per heavy atom. The van der Waals surface area contributed by atoms with Gasteiger partial charge in [0.25, 0.3) is 0 Å². The Bertz CT molecular complexity index is 119. The van der Waals surface area contributed by atoms with Gasteiger partial charge in [-0.1, -0.05) is 19.8 Å². The number of rotatable bonds is 7. The summed E-state index contributed by atoms with van der Waals surface area (Å²) >= 11 is 0. The van der Waals surface area contributed by atoms with Crippen LogP contribution in [0.3, 0.4) is 0 Å². The van der Waals surface area contributed by atoms with E-state index in [0.717, 1.165) is 19.3 Å². The van der Waals surface area contributed by atoms with Crippen molar-refractivity contribution in [1.82, 2.24) is 0 Å². The van der Waals surface area contributed by atoms with Gasteiger partial charge in [0.05, 0.1) is 0 Å². The molecular formula is C9H15O2. The molecule has 11 heavy (non-hydrogen) atoms. The van der Waals surface area contributed by atoms with E-state index in [1.807, 2.05) is 0 Å². The molecule has 0 atom stereocenters. The monoisotopic (exact) mass is 155 g/mol. The average molecular weight is 155 g/mol. The van der Waals surface area contributed by atoms with Crippen molar-refractivity contribution in [2.75, 3.05) is 0 Å². The van der Waals surface area contributed by atoms with Gasteiger partial charge in [0.15, 0.2) is 6.29 Å². The molecule has 0 saturated heterocycles.